The van der Waals surface area contributed by atoms with Crippen molar-refractivity contribution in [3.8, 4) is 6.07 Å². The fourth-order valence-electron chi connectivity index (χ4n) is 3.52. The molecule has 7 heteroatoms. The molecule has 0 aromatic heterocycles. The van der Waals surface area contributed by atoms with Crippen LogP contribution in [0.2, 0.25) is 0 Å². The number of piperidine rings is 1. The third-order valence-electron chi connectivity index (χ3n) is 5.35. The SMILES string of the molecule is C[C@](C#N)(NC(=O)CN1CCC(NC(=O)Nc2ccccc2)CC1)C1CC1. The number of para-hydroxylation sites is 1. The Hall–Kier alpha value is -2.59. The number of anilines is 1. The fourth-order valence-corrected chi connectivity index (χ4v) is 3.52. The van der Waals surface area contributed by atoms with Gasteiger partial charge in [-0.15, -0.1) is 0 Å². The number of hydrogen-bond acceptors (Lipinski definition) is 4. The van der Waals surface area contributed by atoms with Gasteiger partial charge in [-0.25, -0.2) is 4.79 Å². The van der Waals surface area contributed by atoms with Gasteiger partial charge in [0.25, 0.3) is 0 Å². The van der Waals surface area contributed by atoms with Gasteiger partial charge < -0.3 is 16.0 Å². The van der Waals surface area contributed by atoms with Gasteiger partial charge in [-0.05, 0) is 50.7 Å². The summed E-state index contributed by atoms with van der Waals surface area (Å²) in [5.41, 5.74) is 0.0206. The van der Waals surface area contributed by atoms with Crippen LogP contribution in [0.4, 0.5) is 10.5 Å². The molecule has 144 valence electrons. The highest BCUT2D eigenvalue weighted by molar-refractivity contribution is 5.89. The Morgan fingerprint density at radius 3 is 2.44 bits per heavy atom. The van der Waals surface area contributed by atoms with E-state index in [1.165, 1.54) is 0 Å². The summed E-state index contributed by atoms with van der Waals surface area (Å²) >= 11 is 0. The van der Waals surface area contributed by atoms with Crippen LogP contribution in [-0.4, -0.2) is 48.1 Å². The Morgan fingerprint density at radius 2 is 1.85 bits per heavy atom. The molecule has 0 spiro atoms. The number of likely N-dealkylation sites (tertiary alicyclic amines) is 1. The van der Waals surface area contributed by atoms with Gasteiger partial charge in [0.15, 0.2) is 0 Å². The number of nitrogens with zero attached hydrogens (tertiary/aromatic N) is 2. The Bertz CT molecular complexity index is 705. The van der Waals surface area contributed by atoms with Gasteiger partial charge in [0.1, 0.15) is 5.54 Å². The molecule has 1 heterocycles. The van der Waals surface area contributed by atoms with Crippen LogP contribution < -0.4 is 16.0 Å². The zero-order valence-electron chi connectivity index (χ0n) is 15.7. The van der Waals surface area contributed by atoms with E-state index < -0.39 is 5.54 Å². The molecule has 1 atom stereocenters. The van der Waals surface area contributed by atoms with E-state index in [1.54, 1.807) is 0 Å². The van der Waals surface area contributed by atoms with Crippen molar-refractivity contribution in [3.63, 3.8) is 0 Å². The molecule has 2 aliphatic rings. The molecule has 0 unspecified atom stereocenters. The molecule has 1 aliphatic heterocycles. The summed E-state index contributed by atoms with van der Waals surface area (Å²) in [5.74, 6) is 0.184. The second kappa shape index (κ2) is 8.40. The maximum Gasteiger partial charge on any atom is 0.319 e. The zero-order chi connectivity index (χ0) is 19.3. The van der Waals surface area contributed by atoms with Crippen molar-refractivity contribution in [2.75, 3.05) is 25.0 Å². The minimum absolute atomic E-state index is 0.0980. The van der Waals surface area contributed by atoms with Crippen molar-refractivity contribution in [2.45, 2.75) is 44.2 Å². The largest absolute Gasteiger partial charge is 0.337 e. The first-order valence-corrected chi connectivity index (χ1v) is 9.56. The van der Waals surface area contributed by atoms with Gasteiger partial charge in [-0.3, -0.25) is 9.69 Å². The van der Waals surface area contributed by atoms with Gasteiger partial charge in [-0.1, -0.05) is 18.2 Å². The van der Waals surface area contributed by atoms with Crippen molar-refractivity contribution in [2.24, 2.45) is 5.92 Å². The summed E-state index contributed by atoms with van der Waals surface area (Å²) < 4.78 is 0. The smallest absolute Gasteiger partial charge is 0.319 e. The Kier molecular flexibility index (Phi) is 5.97. The van der Waals surface area contributed by atoms with Gasteiger partial charge in [-0.2, -0.15) is 5.26 Å². The lowest BCUT2D eigenvalue weighted by Gasteiger charge is -2.32. The van der Waals surface area contributed by atoms with Gasteiger partial charge in [0.05, 0.1) is 12.6 Å². The summed E-state index contributed by atoms with van der Waals surface area (Å²) in [6, 6.07) is 11.5. The van der Waals surface area contributed by atoms with Crippen LogP contribution in [-0.2, 0) is 4.79 Å². The summed E-state index contributed by atoms with van der Waals surface area (Å²) in [5, 5.41) is 18.1. The minimum atomic E-state index is -0.744. The molecule has 1 aromatic carbocycles. The lowest BCUT2D eigenvalue weighted by Crippen LogP contribution is -2.52. The molecule has 3 amide bonds. The predicted octanol–water partition coefficient (Wildman–Crippen LogP) is 2.08. The zero-order valence-corrected chi connectivity index (χ0v) is 15.7. The Labute approximate surface area is 160 Å². The standard InChI is InChI=1S/C20H27N5O2/c1-20(14-21,15-7-8-15)24-18(26)13-25-11-9-17(10-12-25)23-19(27)22-16-5-3-2-4-6-16/h2-6,15,17H,7-13H2,1H3,(H,24,26)(H2,22,23,27)/t20-/m1/s1. The van der Waals surface area contributed by atoms with Crippen LogP contribution in [0.25, 0.3) is 0 Å². The molecular weight excluding hydrogens is 342 g/mol. The van der Waals surface area contributed by atoms with Crippen molar-refractivity contribution < 1.29 is 9.59 Å². The second-order valence-corrected chi connectivity index (χ2v) is 7.65. The summed E-state index contributed by atoms with van der Waals surface area (Å²) in [7, 11) is 0. The summed E-state index contributed by atoms with van der Waals surface area (Å²) in [6.45, 7) is 3.60. The predicted molar refractivity (Wildman–Crippen MR) is 103 cm³/mol. The number of nitrogens with one attached hydrogen (secondary N) is 3. The molecule has 1 saturated carbocycles. The second-order valence-electron chi connectivity index (χ2n) is 7.65. The number of amides is 3. The Balaban J connectivity index is 1.38. The molecule has 7 nitrogen and oxygen atoms in total. The fraction of sp³-hybridized carbons (Fsp3) is 0.550. The number of carbonyl (C=O) groups excluding carboxylic acids is 2. The van der Waals surface area contributed by atoms with E-state index in [4.69, 9.17) is 0 Å². The first kappa shape index (κ1) is 19.2. The maximum absolute atomic E-state index is 12.3. The van der Waals surface area contributed by atoms with Crippen LogP contribution in [0.1, 0.15) is 32.6 Å². The van der Waals surface area contributed by atoms with Crippen LogP contribution in [0.5, 0.6) is 0 Å². The number of carbonyl (C=O) groups is 2. The van der Waals surface area contributed by atoms with Crippen LogP contribution in [0, 0.1) is 17.2 Å². The van der Waals surface area contributed by atoms with Gasteiger partial charge in [0, 0.05) is 24.8 Å². The average Bonchev–Trinajstić information content (AvgIpc) is 3.49. The average molecular weight is 369 g/mol. The maximum atomic E-state index is 12.3. The van der Waals surface area contributed by atoms with Crippen LogP contribution >= 0.6 is 0 Å². The minimum Gasteiger partial charge on any atom is -0.337 e. The normalized spacial score (nSPS) is 20.1. The lowest BCUT2D eigenvalue weighted by molar-refractivity contribution is -0.124. The molecule has 1 aliphatic carbocycles. The number of rotatable bonds is 6. The van der Waals surface area contributed by atoms with Gasteiger partial charge >= 0.3 is 6.03 Å². The molecule has 1 aromatic rings. The Morgan fingerprint density at radius 1 is 1.19 bits per heavy atom. The molecule has 3 N–H and O–H groups in total. The highest BCUT2D eigenvalue weighted by Gasteiger charge is 2.43. The lowest BCUT2D eigenvalue weighted by atomic mass is 9.98. The number of nitriles is 1. The van der Waals surface area contributed by atoms with Crippen LogP contribution in [0.3, 0.4) is 0 Å². The highest BCUT2D eigenvalue weighted by atomic mass is 16.2. The first-order valence-electron chi connectivity index (χ1n) is 9.56. The molecular formula is C20H27N5O2. The van der Waals surface area contributed by atoms with E-state index in [2.05, 4.69) is 26.9 Å². The van der Waals surface area contributed by atoms with E-state index >= 15 is 0 Å². The number of benzene rings is 1. The monoisotopic (exact) mass is 369 g/mol. The van der Waals surface area contributed by atoms with Crippen molar-refractivity contribution in [1.82, 2.24) is 15.5 Å². The van der Waals surface area contributed by atoms with E-state index in [0.29, 0.717) is 6.54 Å². The number of urea groups is 1. The van der Waals surface area contributed by atoms with Crippen molar-refractivity contribution in [1.29, 1.82) is 5.26 Å². The third-order valence-corrected chi connectivity index (χ3v) is 5.35. The van der Waals surface area contributed by atoms with Crippen molar-refractivity contribution in [3.05, 3.63) is 30.3 Å². The van der Waals surface area contributed by atoms with E-state index in [9.17, 15) is 14.9 Å². The van der Waals surface area contributed by atoms with E-state index in [1.807, 2.05) is 37.3 Å². The van der Waals surface area contributed by atoms with E-state index in [-0.39, 0.29) is 23.9 Å². The summed E-state index contributed by atoms with van der Waals surface area (Å²) in [4.78, 5) is 26.4. The topological polar surface area (TPSA) is 97.3 Å². The molecule has 2 fully saturated rings. The number of hydrogen-bond donors (Lipinski definition) is 3. The molecule has 1 saturated heterocycles. The quantitative estimate of drug-likeness (QED) is 0.715. The van der Waals surface area contributed by atoms with E-state index in [0.717, 1.165) is 44.5 Å². The van der Waals surface area contributed by atoms with Crippen LogP contribution in [0.15, 0.2) is 30.3 Å². The highest BCUT2D eigenvalue weighted by Crippen LogP contribution is 2.39. The molecule has 3 rings (SSSR count). The van der Waals surface area contributed by atoms with Gasteiger partial charge in [0.2, 0.25) is 5.91 Å². The molecule has 0 radical (unpaired) electrons. The molecule has 0 bridgehead atoms. The summed E-state index contributed by atoms with van der Waals surface area (Å²) in [6.07, 6.45) is 3.61. The third kappa shape index (κ3) is 5.44. The first-order chi connectivity index (χ1) is 13.0. The van der Waals surface area contributed by atoms with Crippen molar-refractivity contribution >= 4 is 17.6 Å². The molecule has 27 heavy (non-hydrogen) atoms.